The maximum Gasteiger partial charge on any atom is 0.0375 e. The second kappa shape index (κ2) is 4.40. The number of aryl methyl sites for hydroxylation is 1. The molecule has 0 amide bonds. The highest BCUT2D eigenvalue weighted by molar-refractivity contribution is 9.10. The Kier molecular flexibility index (Phi) is 3.29. The lowest BCUT2D eigenvalue weighted by Crippen LogP contribution is -2.25. The van der Waals surface area contributed by atoms with Crippen LogP contribution in [0.3, 0.4) is 0 Å². The molecule has 1 aromatic rings. The van der Waals surface area contributed by atoms with Crippen LogP contribution >= 0.6 is 15.9 Å². The Bertz CT molecular complexity index is 382. The van der Waals surface area contributed by atoms with Crippen LogP contribution in [-0.2, 0) is 6.42 Å². The Balaban J connectivity index is 2.14. The minimum absolute atomic E-state index is 0.526. The van der Waals surface area contributed by atoms with Gasteiger partial charge in [-0.2, -0.15) is 0 Å². The summed E-state index contributed by atoms with van der Waals surface area (Å²) in [4.78, 5) is 0. The van der Waals surface area contributed by atoms with Gasteiger partial charge in [-0.15, -0.1) is 0 Å². The topological polar surface area (TPSA) is 12.0 Å². The molecule has 16 heavy (non-hydrogen) atoms. The fourth-order valence-electron chi connectivity index (χ4n) is 2.03. The van der Waals surface area contributed by atoms with Gasteiger partial charge in [-0.3, -0.25) is 0 Å². The third kappa shape index (κ3) is 2.42. The molecular weight excluding hydrogens is 262 g/mol. The number of halogens is 1. The zero-order valence-electron chi connectivity index (χ0n) is 10.3. The van der Waals surface area contributed by atoms with Gasteiger partial charge in [-0.1, -0.05) is 29.8 Å². The molecule has 1 atom stereocenters. The smallest absolute Gasteiger partial charge is 0.0375 e. The first-order valence-electron chi connectivity index (χ1n) is 6.10. The van der Waals surface area contributed by atoms with Crippen molar-refractivity contribution in [3.8, 4) is 0 Å². The van der Waals surface area contributed by atoms with Crippen molar-refractivity contribution < 1.29 is 0 Å². The molecule has 0 aliphatic heterocycles. The molecule has 2 rings (SSSR count). The predicted molar refractivity (Wildman–Crippen MR) is 73.9 cm³/mol. The third-order valence-corrected chi connectivity index (χ3v) is 4.40. The zero-order valence-corrected chi connectivity index (χ0v) is 11.9. The predicted octanol–water partition coefficient (Wildman–Crippen LogP) is 4.61. The van der Waals surface area contributed by atoms with Gasteiger partial charge in [-0.05, 0) is 55.4 Å². The molecule has 1 fully saturated rings. The Hall–Kier alpha value is -0.500. The minimum atomic E-state index is 0.526. The third-order valence-electron chi connectivity index (χ3n) is 3.90. The van der Waals surface area contributed by atoms with Gasteiger partial charge in [0.15, 0.2) is 0 Å². The van der Waals surface area contributed by atoms with Gasteiger partial charge < -0.3 is 5.32 Å². The molecule has 1 aliphatic rings. The highest BCUT2D eigenvalue weighted by Gasteiger charge is 2.42. The Morgan fingerprint density at radius 2 is 2.12 bits per heavy atom. The van der Waals surface area contributed by atoms with Gasteiger partial charge in [0.25, 0.3) is 0 Å². The molecule has 1 N–H and O–H groups in total. The van der Waals surface area contributed by atoms with Crippen molar-refractivity contribution >= 4 is 21.6 Å². The fraction of sp³-hybridized carbons (Fsp3) is 0.571. The van der Waals surface area contributed by atoms with Crippen molar-refractivity contribution in [3.63, 3.8) is 0 Å². The van der Waals surface area contributed by atoms with Crippen LogP contribution in [0.4, 0.5) is 5.69 Å². The van der Waals surface area contributed by atoms with Crippen molar-refractivity contribution in [1.29, 1.82) is 0 Å². The fourth-order valence-corrected chi connectivity index (χ4v) is 2.44. The number of rotatable bonds is 4. The van der Waals surface area contributed by atoms with Crippen molar-refractivity contribution in [2.45, 2.75) is 46.1 Å². The summed E-state index contributed by atoms with van der Waals surface area (Å²) in [5.74, 6) is 0. The largest absolute Gasteiger partial charge is 0.382 e. The normalized spacial score (nSPS) is 19.2. The van der Waals surface area contributed by atoms with E-state index in [2.05, 4.69) is 60.2 Å². The lowest BCUT2D eigenvalue weighted by molar-refractivity contribution is 0.493. The lowest BCUT2D eigenvalue weighted by atomic mass is 9.99. The van der Waals surface area contributed by atoms with Crippen LogP contribution in [0.15, 0.2) is 22.7 Å². The molecule has 0 saturated heterocycles. The molecule has 1 nitrogen and oxygen atoms in total. The summed E-state index contributed by atoms with van der Waals surface area (Å²) in [6.45, 7) is 6.88. The number of anilines is 1. The first-order chi connectivity index (χ1) is 7.55. The van der Waals surface area contributed by atoms with E-state index in [0.717, 1.165) is 6.42 Å². The van der Waals surface area contributed by atoms with Gasteiger partial charge in [0.1, 0.15) is 0 Å². The summed E-state index contributed by atoms with van der Waals surface area (Å²) in [7, 11) is 0. The molecule has 1 saturated carbocycles. The van der Waals surface area contributed by atoms with E-state index in [-0.39, 0.29) is 0 Å². The second-order valence-electron chi connectivity index (χ2n) is 5.18. The van der Waals surface area contributed by atoms with E-state index in [1.165, 1.54) is 28.6 Å². The summed E-state index contributed by atoms with van der Waals surface area (Å²) in [6.07, 6.45) is 3.80. The van der Waals surface area contributed by atoms with Crippen molar-refractivity contribution in [1.82, 2.24) is 0 Å². The molecule has 1 aromatic carbocycles. The van der Waals surface area contributed by atoms with Gasteiger partial charge in [0, 0.05) is 16.2 Å². The van der Waals surface area contributed by atoms with E-state index in [0.29, 0.717) is 11.5 Å². The van der Waals surface area contributed by atoms with Crippen LogP contribution in [0, 0.1) is 5.41 Å². The summed E-state index contributed by atoms with van der Waals surface area (Å²) < 4.78 is 1.17. The van der Waals surface area contributed by atoms with Gasteiger partial charge in [-0.25, -0.2) is 0 Å². The second-order valence-corrected chi connectivity index (χ2v) is 6.09. The van der Waals surface area contributed by atoms with Gasteiger partial charge in [0.05, 0.1) is 0 Å². The standard InChI is InChI=1S/C14H20BrN/c1-4-11-9-12(15)5-6-13(11)16-10(2)14(3)7-8-14/h5-6,9-10,16H,4,7-8H2,1-3H3. The quantitative estimate of drug-likeness (QED) is 0.850. The van der Waals surface area contributed by atoms with Crippen LogP contribution < -0.4 is 5.32 Å². The highest BCUT2D eigenvalue weighted by Crippen LogP contribution is 2.49. The molecule has 2 heteroatoms. The van der Waals surface area contributed by atoms with Crippen molar-refractivity contribution in [3.05, 3.63) is 28.2 Å². The average Bonchev–Trinajstić information content (AvgIpc) is 3.00. The number of hydrogen-bond donors (Lipinski definition) is 1. The Morgan fingerprint density at radius 1 is 1.44 bits per heavy atom. The monoisotopic (exact) mass is 281 g/mol. The van der Waals surface area contributed by atoms with Gasteiger partial charge >= 0.3 is 0 Å². The Labute approximate surface area is 107 Å². The number of hydrogen-bond acceptors (Lipinski definition) is 1. The molecule has 0 heterocycles. The lowest BCUT2D eigenvalue weighted by Gasteiger charge is -2.23. The molecule has 0 radical (unpaired) electrons. The maximum absolute atomic E-state index is 3.67. The van der Waals surface area contributed by atoms with Crippen LogP contribution in [0.2, 0.25) is 0 Å². The van der Waals surface area contributed by atoms with E-state index in [1.807, 2.05) is 0 Å². The summed E-state index contributed by atoms with van der Waals surface area (Å²) in [5.41, 5.74) is 3.22. The number of benzene rings is 1. The highest BCUT2D eigenvalue weighted by atomic mass is 79.9. The maximum atomic E-state index is 3.67. The van der Waals surface area contributed by atoms with E-state index >= 15 is 0 Å². The molecule has 88 valence electrons. The number of nitrogens with one attached hydrogen (secondary N) is 1. The zero-order chi connectivity index (χ0) is 11.8. The van der Waals surface area contributed by atoms with E-state index < -0.39 is 0 Å². The molecule has 1 unspecified atom stereocenters. The minimum Gasteiger partial charge on any atom is -0.382 e. The first-order valence-corrected chi connectivity index (χ1v) is 6.89. The van der Waals surface area contributed by atoms with E-state index in [9.17, 15) is 0 Å². The van der Waals surface area contributed by atoms with Crippen molar-refractivity contribution in [2.24, 2.45) is 5.41 Å². The average molecular weight is 282 g/mol. The Morgan fingerprint density at radius 3 is 2.69 bits per heavy atom. The van der Waals surface area contributed by atoms with E-state index in [1.54, 1.807) is 0 Å². The van der Waals surface area contributed by atoms with E-state index in [4.69, 9.17) is 0 Å². The van der Waals surface area contributed by atoms with Crippen LogP contribution in [0.5, 0.6) is 0 Å². The first kappa shape index (κ1) is 12.0. The summed E-state index contributed by atoms with van der Waals surface area (Å²) in [6, 6.07) is 7.08. The van der Waals surface area contributed by atoms with Crippen LogP contribution in [0.1, 0.15) is 39.2 Å². The molecule has 1 aliphatic carbocycles. The summed E-state index contributed by atoms with van der Waals surface area (Å²) in [5, 5.41) is 3.67. The molecule has 0 aromatic heterocycles. The molecular formula is C14H20BrN. The molecule has 0 bridgehead atoms. The van der Waals surface area contributed by atoms with Crippen LogP contribution in [0.25, 0.3) is 0 Å². The van der Waals surface area contributed by atoms with Gasteiger partial charge in [0.2, 0.25) is 0 Å². The molecule has 0 spiro atoms. The SMILES string of the molecule is CCc1cc(Br)ccc1NC(C)C1(C)CC1. The van der Waals surface area contributed by atoms with Crippen LogP contribution in [-0.4, -0.2) is 6.04 Å². The summed E-state index contributed by atoms with van der Waals surface area (Å²) >= 11 is 3.53. The van der Waals surface area contributed by atoms with Crippen molar-refractivity contribution in [2.75, 3.05) is 5.32 Å².